The maximum absolute atomic E-state index is 12.5. The molecule has 0 saturated carbocycles. The average Bonchev–Trinajstić information content (AvgIpc) is 3.21. The minimum Gasteiger partial charge on any atom is -0.483 e. The predicted molar refractivity (Wildman–Crippen MR) is 107 cm³/mol. The lowest BCUT2D eigenvalue weighted by Crippen LogP contribution is -2.30. The van der Waals surface area contributed by atoms with Crippen LogP contribution in [0.4, 0.5) is 5.69 Å². The lowest BCUT2D eigenvalue weighted by atomic mass is 10.2. The Balaban J connectivity index is 1.52. The van der Waals surface area contributed by atoms with Crippen LogP contribution in [0.1, 0.15) is 15.2 Å². The van der Waals surface area contributed by atoms with Crippen molar-refractivity contribution >= 4 is 28.8 Å². The Hall–Kier alpha value is -3.12. The van der Waals surface area contributed by atoms with Crippen molar-refractivity contribution in [2.45, 2.75) is 6.42 Å². The van der Waals surface area contributed by atoms with Crippen LogP contribution in [0.15, 0.2) is 72.1 Å². The number of para-hydroxylation sites is 2. The van der Waals surface area contributed by atoms with Gasteiger partial charge in [-0.15, -0.1) is 11.3 Å². The van der Waals surface area contributed by atoms with Crippen LogP contribution in [-0.4, -0.2) is 25.0 Å². The number of anilines is 1. The molecule has 0 aliphatic rings. The van der Waals surface area contributed by atoms with Gasteiger partial charge in [0.05, 0.1) is 5.56 Å². The highest BCUT2D eigenvalue weighted by Gasteiger charge is 2.13. The zero-order chi connectivity index (χ0) is 18.9. The van der Waals surface area contributed by atoms with Crippen LogP contribution in [0.5, 0.6) is 5.75 Å². The number of hydrogen-bond donors (Lipinski definition) is 2. The molecule has 1 heterocycles. The van der Waals surface area contributed by atoms with E-state index in [1.54, 1.807) is 35.6 Å². The van der Waals surface area contributed by atoms with Crippen LogP contribution < -0.4 is 15.4 Å². The summed E-state index contributed by atoms with van der Waals surface area (Å²) in [6, 6.07) is 20.1. The van der Waals surface area contributed by atoms with E-state index >= 15 is 0 Å². The van der Waals surface area contributed by atoms with E-state index in [0.29, 0.717) is 23.5 Å². The van der Waals surface area contributed by atoms with Crippen molar-refractivity contribution in [2.24, 2.45) is 0 Å². The zero-order valence-electron chi connectivity index (χ0n) is 14.7. The second kappa shape index (κ2) is 9.54. The quantitative estimate of drug-likeness (QED) is 0.626. The first-order valence-corrected chi connectivity index (χ1v) is 9.47. The molecule has 1 aromatic heterocycles. The number of carbonyl (C=O) groups excluding carboxylic acids is 2. The number of carbonyl (C=O) groups is 2. The lowest BCUT2D eigenvalue weighted by Gasteiger charge is -2.12. The zero-order valence-corrected chi connectivity index (χ0v) is 15.5. The molecule has 0 bridgehead atoms. The number of ether oxygens (including phenoxy) is 1. The van der Waals surface area contributed by atoms with Crippen molar-refractivity contribution in [2.75, 3.05) is 18.5 Å². The van der Waals surface area contributed by atoms with Crippen molar-refractivity contribution in [1.29, 1.82) is 0 Å². The molecule has 0 spiro atoms. The Labute approximate surface area is 162 Å². The third-order valence-electron chi connectivity index (χ3n) is 3.80. The molecule has 27 heavy (non-hydrogen) atoms. The van der Waals surface area contributed by atoms with Crippen LogP contribution in [0.3, 0.4) is 0 Å². The van der Waals surface area contributed by atoms with E-state index in [1.807, 2.05) is 47.8 Å². The number of thiophene rings is 1. The molecule has 0 atom stereocenters. The summed E-state index contributed by atoms with van der Waals surface area (Å²) in [4.78, 5) is 25.7. The van der Waals surface area contributed by atoms with Crippen LogP contribution >= 0.6 is 11.3 Å². The van der Waals surface area contributed by atoms with Crippen molar-refractivity contribution in [3.05, 3.63) is 82.6 Å². The van der Waals surface area contributed by atoms with Crippen molar-refractivity contribution in [3.8, 4) is 5.75 Å². The topological polar surface area (TPSA) is 67.4 Å². The minimum absolute atomic E-state index is 0.139. The summed E-state index contributed by atoms with van der Waals surface area (Å²) in [5.74, 6) is -0.126. The molecule has 0 aliphatic carbocycles. The molecule has 0 unspecified atom stereocenters. The molecule has 3 aromatic rings. The van der Waals surface area contributed by atoms with Gasteiger partial charge >= 0.3 is 0 Å². The fourth-order valence-electron chi connectivity index (χ4n) is 2.47. The number of amides is 2. The normalized spacial score (nSPS) is 10.2. The first-order chi connectivity index (χ1) is 13.2. The molecule has 6 heteroatoms. The summed E-state index contributed by atoms with van der Waals surface area (Å²) in [6.07, 6.45) is 0.791. The number of benzene rings is 2. The third kappa shape index (κ3) is 5.69. The van der Waals surface area contributed by atoms with E-state index < -0.39 is 0 Å². The van der Waals surface area contributed by atoms with E-state index in [9.17, 15) is 9.59 Å². The molecule has 2 aromatic carbocycles. The Morgan fingerprint density at radius 2 is 1.70 bits per heavy atom. The molecule has 5 nitrogen and oxygen atoms in total. The summed E-state index contributed by atoms with van der Waals surface area (Å²) >= 11 is 1.66. The van der Waals surface area contributed by atoms with Gasteiger partial charge in [-0.1, -0.05) is 36.4 Å². The van der Waals surface area contributed by atoms with Crippen molar-refractivity contribution < 1.29 is 14.3 Å². The highest BCUT2D eigenvalue weighted by molar-refractivity contribution is 7.09. The van der Waals surface area contributed by atoms with E-state index in [1.165, 1.54) is 4.88 Å². The highest BCUT2D eigenvalue weighted by atomic mass is 32.1. The minimum atomic E-state index is -0.282. The summed E-state index contributed by atoms with van der Waals surface area (Å²) in [5.41, 5.74) is 1.08. The van der Waals surface area contributed by atoms with Gasteiger partial charge in [0.1, 0.15) is 5.75 Å². The van der Waals surface area contributed by atoms with E-state index in [4.69, 9.17) is 4.74 Å². The third-order valence-corrected chi connectivity index (χ3v) is 4.73. The standard InChI is InChI=1S/C21H20N2O3S/c24-20(22-13-12-17-9-6-14-27-17)15-26-19-11-5-4-10-18(19)21(25)23-16-7-2-1-3-8-16/h1-11,14H,12-13,15H2,(H,22,24)(H,23,25). The molecule has 138 valence electrons. The molecule has 2 amide bonds. The van der Waals surface area contributed by atoms with Crippen LogP contribution in [-0.2, 0) is 11.2 Å². The molecule has 0 saturated heterocycles. The van der Waals surface area contributed by atoms with Gasteiger partial charge in [0, 0.05) is 17.1 Å². The summed E-state index contributed by atoms with van der Waals surface area (Å²) < 4.78 is 5.58. The van der Waals surface area contributed by atoms with Gasteiger partial charge < -0.3 is 15.4 Å². The second-order valence-electron chi connectivity index (χ2n) is 5.78. The van der Waals surface area contributed by atoms with E-state index in [-0.39, 0.29) is 18.4 Å². The molecule has 2 N–H and O–H groups in total. The van der Waals surface area contributed by atoms with Gasteiger partial charge in [0.2, 0.25) is 0 Å². The van der Waals surface area contributed by atoms with Crippen molar-refractivity contribution in [3.63, 3.8) is 0 Å². The predicted octanol–water partition coefficient (Wildman–Crippen LogP) is 3.74. The maximum Gasteiger partial charge on any atom is 0.259 e. The van der Waals surface area contributed by atoms with Crippen LogP contribution in [0, 0.1) is 0 Å². The highest BCUT2D eigenvalue weighted by Crippen LogP contribution is 2.19. The first-order valence-electron chi connectivity index (χ1n) is 8.59. The van der Waals surface area contributed by atoms with Crippen LogP contribution in [0.2, 0.25) is 0 Å². The SMILES string of the molecule is O=C(COc1ccccc1C(=O)Nc1ccccc1)NCCc1cccs1. The Morgan fingerprint density at radius 1 is 0.926 bits per heavy atom. The molecule has 0 radical (unpaired) electrons. The molecule has 0 fully saturated rings. The monoisotopic (exact) mass is 380 g/mol. The molecule has 3 rings (SSSR count). The summed E-state index contributed by atoms with van der Waals surface area (Å²) in [6.45, 7) is 0.416. The van der Waals surface area contributed by atoms with E-state index in [0.717, 1.165) is 6.42 Å². The molecule has 0 aliphatic heterocycles. The molecular weight excluding hydrogens is 360 g/mol. The summed E-state index contributed by atoms with van der Waals surface area (Å²) in [5, 5.41) is 7.65. The number of nitrogens with one attached hydrogen (secondary N) is 2. The van der Waals surface area contributed by atoms with E-state index in [2.05, 4.69) is 10.6 Å². The van der Waals surface area contributed by atoms with Gasteiger partial charge in [-0.25, -0.2) is 0 Å². The number of rotatable bonds is 8. The van der Waals surface area contributed by atoms with Gasteiger partial charge in [0.25, 0.3) is 11.8 Å². The Kier molecular flexibility index (Phi) is 6.60. The maximum atomic E-state index is 12.5. The van der Waals surface area contributed by atoms with Crippen molar-refractivity contribution in [1.82, 2.24) is 5.32 Å². The number of hydrogen-bond acceptors (Lipinski definition) is 4. The smallest absolute Gasteiger partial charge is 0.259 e. The lowest BCUT2D eigenvalue weighted by molar-refractivity contribution is -0.123. The van der Waals surface area contributed by atoms with Gasteiger partial charge in [-0.2, -0.15) is 0 Å². The van der Waals surface area contributed by atoms with Gasteiger partial charge in [0.15, 0.2) is 6.61 Å². The Morgan fingerprint density at radius 3 is 2.48 bits per heavy atom. The fourth-order valence-corrected chi connectivity index (χ4v) is 3.18. The van der Waals surface area contributed by atoms with Crippen LogP contribution in [0.25, 0.3) is 0 Å². The first kappa shape index (κ1) is 18.7. The average molecular weight is 380 g/mol. The van der Waals surface area contributed by atoms with Gasteiger partial charge in [-0.05, 0) is 42.1 Å². The fraction of sp³-hybridized carbons (Fsp3) is 0.143. The summed E-state index contributed by atoms with van der Waals surface area (Å²) in [7, 11) is 0. The largest absolute Gasteiger partial charge is 0.483 e. The second-order valence-corrected chi connectivity index (χ2v) is 6.82. The van der Waals surface area contributed by atoms with Gasteiger partial charge in [-0.3, -0.25) is 9.59 Å². The molecular formula is C21H20N2O3S. The Bertz CT molecular complexity index is 879.